The highest BCUT2D eigenvalue weighted by Crippen LogP contribution is 2.52. The lowest BCUT2D eigenvalue weighted by molar-refractivity contribution is 0.150. The van der Waals surface area contributed by atoms with Gasteiger partial charge in [-0.3, -0.25) is 19.1 Å². The van der Waals surface area contributed by atoms with Crippen LogP contribution in [-0.2, 0) is 20.0 Å². The number of aromatic hydroxyl groups is 1. The lowest BCUT2D eigenvalue weighted by atomic mass is 10.0. The van der Waals surface area contributed by atoms with Gasteiger partial charge in [-0.1, -0.05) is 6.92 Å². The number of benzene rings is 1. The van der Waals surface area contributed by atoms with Crippen LogP contribution in [0.15, 0.2) is 30.7 Å². The number of nitrogens with zero attached hydrogens (tertiary/aromatic N) is 2. The third-order valence-electron chi connectivity index (χ3n) is 3.89. The van der Waals surface area contributed by atoms with Gasteiger partial charge >= 0.3 is 7.60 Å². The standard InChI is InChI=1S/C18H25N2O5P/c1-5-24-26(22,6-2)25-16(11-15-12-19-7-8-20-15)14-9-13(3)18(21)17(10-14)23-4/h7-10,12,16,21H,5-6,11H2,1-4H3. The van der Waals surface area contributed by atoms with E-state index in [2.05, 4.69) is 9.97 Å². The fourth-order valence-electron chi connectivity index (χ4n) is 2.54. The second kappa shape index (κ2) is 9.12. The van der Waals surface area contributed by atoms with E-state index in [1.807, 2.05) is 0 Å². The zero-order valence-corrected chi connectivity index (χ0v) is 16.4. The molecule has 142 valence electrons. The summed E-state index contributed by atoms with van der Waals surface area (Å²) in [6, 6.07) is 3.46. The maximum atomic E-state index is 12.9. The minimum absolute atomic E-state index is 0.0676. The third kappa shape index (κ3) is 5.04. The third-order valence-corrected chi connectivity index (χ3v) is 5.89. The molecule has 0 aliphatic heterocycles. The molecule has 1 aromatic carbocycles. The molecule has 0 amide bonds. The minimum Gasteiger partial charge on any atom is -0.504 e. The van der Waals surface area contributed by atoms with Crippen molar-refractivity contribution in [3.05, 3.63) is 47.5 Å². The molecule has 0 radical (unpaired) electrons. The van der Waals surface area contributed by atoms with Crippen LogP contribution in [0.2, 0.25) is 0 Å². The van der Waals surface area contributed by atoms with Crippen molar-refractivity contribution in [2.24, 2.45) is 0 Å². The van der Waals surface area contributed by atoms with Crippen LogP contribution in [0.25, 0.3) is 0 Å². The zero-order chi connectivity index (χ0) is 19.2. The van der Waals surface area contributed by atoms with Crippen molar-refractivity contribution in [2.45, 2.75) is 33.3 Å². The normalized spacial score (nSPS) is 14.6. The average Bonchev–Trinajstić information content (AvgIpc) is 2.64. The van der Waals surface area contributed by atoms with Crippen molar-refractivity contribution in [2.75, 3.05) is 19.9 Å². The topological polar surface area (TPSA) is 90.8 Å². The Balaban J connectivity index is 2.43. The van der Waals surface area contributed by atoms with Crippen LogP contribution in [0, 0.1) is 6.92 Å². The molecule has 2 atom stereocenters. The van der Waals surface area contributed by atoms with E-state index in [9.17, 15) is 9.67 Å². The van der Waals surface area contributed by atoms with Gasteiger partial charge in [-0.05, 0) is 37.1 Å². The van der Waals surface area contributed by atoms with Crippen LogP contribution in [0.5, 0.6) is 11.5 Å². The molecule has 0 aliphatic rings. The highest BCUT2D eigenvalue weighted by Gasteiger charge is 2.29. The Hall–Kier alpha value is -1.95. The van der Waals surface area contributed by atoms with E-state index in [-0.39, 0.29) is 11.9 Å². The monoisotopic (exact) mass is 380 g/mol. The Labute approximate surface area is 153 Å². The molecule has 0 spiro atoms. The molecule has 1 aromatic heterocycles. The Bertz CT molecular complexity index is 770. The number of aromatic nitrogens is 2. The molecule has 26 heavy (non-hydrogen) atoms. The van der Waals surface area contributed by atoms with Gasteiger partial charge in [0.25, 0.3) is 0 Å². The smallest absolute Gasteiger partial charge is 0.330 e. The van der Waals surface area contributed by atoms with E-state index in [4.69, 9.17) is 13.8 Å². The maximum Gasteiger partial charge on any atom is 0.330 e. The Morgan fingerprint density at radius 2 is 2.04 bits per heavy atom. The zero-order valence-electron chi connectivity index (χ0n) is 15.5. The van der Waals surface area contributed by atoms with Gasteiger partial charge in [0, 0.05) is 31.2 Å². The quantitative estimate of drug-likeness (QED) is 0.656. The minimum atomic E-state index is -3.26. The number of hydrogen-bond acceptors (Lipinski definition) is 7. The van der Waals surface area contributed by atoms with E-state index in [0.29, 0.717) is 30.0 Å². The van der Waals surface area contributed by atoms with Gasteiger partial charge in [0.2, 0.25) is 0 Å². The van der Waals surface area contributed by atoms with E-state index in [1.54, 1.807) is 51.5 Å². The highest BCUT2D eigenvalue weighted by atomic mass is 31.2. The number of hydrogen-bond donors (Lipinski definition) is 1. The second-order valence-electron chi connectivity index (χ2n) is 5.73. The highest BCUT2D eigenvalue weighted by molar-refractivity contribution is 7.53. The summed E-state index contributed by atoms with van der Waals surface area (Å²) in [5.41, 5.74) is 2.05. The van der Waals surface area contributed by atoms with E-state index >= 15 is 0 Å². The fraction of sp³-hybridized carbons (Fsp3) is 0.444. The van der Waals surface area contributed by atoms with Crippen LogP contribution < -0.4 is 4.74 Å². The average molecular weight is 380 g/mol. The molecular formula is C18H25N2O5P. The maximum absolute atomic E-state index is 12.9. The molecule has 0 bridgehead atoms. The SMILES string of the molecule is CCOP(=O)(CC)OC(Cc1cnccn1)c1cc(C)c(O)c(OC)c1. The predicted molar refractivity (Wildman–Crippen MR) is 98.7 cm³/mol. The molecule has 0 saturated heterocycles. The molecule has 2 unspecified atom stereocenters. The van der Waals surface area contributed by atoms with Crippen LogP contribution in [0.1, 0.15) is 36.8 Å². The molecule has 1 N–H and O–H groups in total. The van der Waals surface area contributed by atoms with Gasteiger partial charge in [-0.25, -0.2) is 0 Å². The lowest BCUT2D eigenvalue weighted by Gasteiger charge is -2.24. The Morgan fingerprint density at radius 3 is 2.62 bits per heavy atom. The molecule has 7 nitrogen and oxygen atoms in total. The van der Waals surface area contributed by atoms with Crippen LogP contribution >= 0.6 is 7.60 Å². The summed E-state index contributed by atoms with van der Waals surface area (Å²) in [7, 11) is -1.78. The van der Waals surface area contributed by atoms with Crippen molar-refractivity contribution in [1.29, 1.82) is 0 Å². The number of phenolic OH excluding ortho intramolecular Hbond substituents is 1. The summed E-state index contributed by atoms with van der Waals surface area (Å²) in [5.74, 6) is 0.397. The number of methoxy groups -OCH3 is 1. The summed E-state index contributed by atoms with van der Waals surface area (Å²) in [6.45, 7) is 5.60. The van der Waals surface area contributed by atoms with Gasteiger partial charge in [0.1, 0.15) is 0 Å². The van der Waals surface area contributed by atoms with Crippen LogP contribution in [0.4, 0.5) is 0 Å². The summed E-state index contributed by atoms with van der Waals surface area (Å²) in [6.07, 6.45) is 4.85. The Kier molecular flexibility index (Phi) is 7.14. The molecule has 2 aromatic rings. The van der Waals surface area contributed by atoms with Gasteiger partial charge in [0.05, 0.1) is 25.5 Å². The summed E-state index contributed by atoms with van der Waals surface area (Å²) in [4.78, 5) is 8.34. The molecular weight excluding hydrogens is 355 g/mol. The van der Waals surface area contributed by atoms with Gasteiger partial charge < -0.3 is 14.4 Å². The van der Waals surface area contributed by atoms with Crippen LogP contribution in [-0.4, -0.2) is 35.0 Å². The second-order valence-corrected chi connectivity index (χ2v) is 8.05. The van der Waals surface area contributed by atoms with Crippen molar-refractivity contribution in [3.8, 4) is 11.5 Å². The van der Waals surface area contributed by atoms with Crippen molar-refractivity contribution in [3.63, 3.8) is 0 Å². The van der Waals surface area contributed by atoms with Crippen molar-refractivity contribution >= 4 is 7.60 Å². The largest absolute Gasteiger partial charge is 0.504 e. The first-order valence-corrected chi connectivity index (χ1v) is 10.2. The first kappa shape index (κ1) is 20.4. The number of aryl methyl sites for hydroxylation is 1. The van der Waals surface area contributed by atoms with Crippen molar-refractivity contribution in [1.82, 2.24) is 9.97 Å². The van der Waals surface area contributed by atoms with E-state index in [1.165, 1.54) is 7.11 Å². The molecule has 0 aliphatic carbocycles. The molecule has 8 heteroatoms. The predicted octanol–water partition coefficient (Wildman–Crippen LogP) is 4.05. The molecule has 0 fully saturated rings. The summed E-state index contributed by atoms with van der Waals surface area (Å²) >= 11 is 0. The summed E-state index contributed by atoms with van der Waals surface area (Å²) < 4.78 is 29.5. The first-order valence-electron chi connectivity index (χ1n) is 8.46. The van der Waals surface area contributed by atoms with Gasteiger partial charge in [0.15, 0.2) is 11.5 Å². The van der Waals surface area contributed by atoms with Crippen LogP contribution in [0.3, 0.4) is 0 Å². The lowest BCUT2D eigenvalue weighted by Crippen LogP contribution is -2.11. The number of rotatable bonds is 9. The summed E-state index contributed by atoms with van der Waals surface area (Å²) in [5, 5.41) is 10.1. The molecule has 1 heterocycles. The van der Waals surface area contributed by atoms with Gasteiger partial charge in [-0.2, -0.15) is 0 Å². The fourth-order valence-corrected chi connectivity index (χ4v) is 3.91. The van der Waals surface area contributed by atoms with Gasteiger partial charge in [-0.15, -0.1) is 0 Å². The molecule has 2 rings (SSSR count). The van der Waals surface area contributed by atoms with E-state index < -0.39 is 13.7 Å². The Morgan fingerprint density at radius 1 is 1.27 bits per heavy atom. The number of phenols is 1. The molecule has 0 saturated carbocycles. The van der Waals surface area contributed by atoms with E-state index in [0.717, 1.165) is 5.56 Å². The van der Waals surface area contributed by atoms with Crippen molar-refractivity contribution < 1.29 is 23.5 Å². The first-order chi connectivity index (χ1) is 12.4. The number of ether oxygens (including phenoxy) is 1.